The second-order valence-corrected chi connectivity index (χ2v) is 7.33. The number of unbranched alkanes of at least 4 members (excludes halogenated alkanes) is 13. The van der Waals surface area contributed by atoms with Crippen molar-refractivity contribution in [3.8, 4) is 0 Å². The normalized spacial score (nSPS) is 11.4. The van der Waals surface area contributed by atoms with Crippen molar-refractivity contribution in [1.82, 2.24) is 0 Å². The molecule has 0 saturated heterocycles. The van der Waals surface area contributed by atoms with Crippen molar-refractivity contribution in [1.29, 1.82) is 0 Å². The van der Waals surface area contributed by atoms with Crippen molar-refractivity contribution in [2.45, 2.75) is 129 Å². The van der Waals surface area contributed by atoms with Gasteiger partial charge in [0.25, 0.3) is 0 Å². The highest BCUT2D eigenvalue weighted by atomic mass is 16.1. The van der Waals surface area contributed by atoms with Gasteiger partial charge < -0.3 is 0 Å². The Morgan fingerprint density at radius 2 is 0.958 bits per heavy atom. The summed E-state index contributed by atoms with van der Waals surface area (Å²) in [6.07, 6.45) is 26.9. The molecule has 0 amide bonds. The van der Waals surface area contributed by atoms with E-state index < -0.39 is 0 Å². The first-order valence-corrected chi connectivity index (χ1v) is 11.0. The maximum Gasteiger partial charge on any atom is 0.132 e. The van der Waals surface area contributed by atoms with Crippen molar-refractivity contribution in [2.24, 2.45) is 0 Å². The largest absolute Gasteiger partial charge is 0.300 e. The summed E-state index contributed by atoms with van der Waals surface area (Å²) in [7, 11) is 0. The van der Waals surface area contributed by atoms with E-state index in [1.165, 1.54) is 83.5 Å². The van der Waals surface area contributed by atoms with Gasteiger partial charge in [-0.25, -0.2) is 0 Å². The van der Waals surface area contributed by atoms with Gasteiger partial charge in [0.1, 0.15) is 5.78 Å². The molecule has 0 N–H and O–H groups in total. The van der Waals surface area contributed by atoms with Crippen LogP contribution in [-0.2, 0) is 4.79 Å². The Kier molecular flexibility index (Phi) is 20.0. The molecule has 0 rings (SSSR count). The Labute approximate surface area is 152 Å². The number of carbonyl (C=O) groups excluding carboxylic acids is 1. The van der Waals surface area contributed by atoms with Crippen LogP contribution in [0.25, 0.3) is 0 Å². The molecule has 0 aliphatic rings. The molecule has 1 nitrogen and oxygen atoms in total. The number of rotatable bonds is 19. The molecule has 0 aliphatic heterocycles. The third kappa shape index (κ3) is 19.5. The quantitative estimate of drug-likeness (QED) is 0.172. The number of allylic oxidation sites excluding steroid dienone is 2. The van der Waals surface area contributed by atoms with Gasteiger partial charge in [-0.05, 0) is 32.1 Å². The third-order valence-electron chi connectivity index (χ3n) is 4.78. The molecule has 0 atom stereocenters. The van der Waals surface area contributed by atoms with Crippen molar-refractivity contribution in [2.75, 3.05) is 0 Å². The van der Waals surface area contributed by atoms with Gasteiger partial charge in [-0.3, -0.25) is 4.79 Å². The minimum Gasteiger partial charge on any atom is -0.300 e. The Hall–Kier alpha value is -0.590. The maximum absolute atomic E-state index is 11.8. The smallest absolute Gasteiger partial charge is 0.132 e. The molecule has 0 heterocycles. The van der Waals surface area contributed by atoms with E-state index in [2.05, 4.69) is 26.0 Å². The summed E-state index contributed by atoms with van der Waals surface area (Å²) in [5, 5.41) is 0. The van der Waals surface area contributed by atoms with Crippen LogP contribution in [0.5, 0.6) is 0 Å². The summed E-state index contributed by atoms with van der Waals surface area (Å²) in [5.74, 6) is 0.480. The fourth-order valence-corrected chi connectivity index (χ4v) is 3.10. The fourth-order valence-electron chi connectivity index (χ4n) is 3.10. The van der Waals surface area contributed by atoms with E-state index in [4.69, 9.17) is 0 Å². The average Bonchev–Trinajstić information content (AvgIpc) is 2.59. The molecule has 0 radical (unpaired) electrons. The highest BCUT2D eigenvalue weighted by molar-refractivity contribution is 5.78. The number of hydrogen-bond acceptors (Lipinski definition) is 1. The third-order valence-corrected chi connectivity index (χ3v) is 4.78. The Morgan fingerprint density at radius 1 is 0.542 bits per heavy atom. The second kappa shape index (κ2) is 20.5. The highest BCUT2D eigenvalue weighted by Gasteiger charge is 2.01. The first kappa shape index (κ1) is 23.4. The van der Waals surface area contributed by atoms with E-state index in [-0.39, 0.29) is 0 Å². The van der Waals surface area contributed by atoms with Crippen LogP contribution in [0, 0.1) is 0 Å². The van der Waals surface area contributed by atoms with Crippen LogP contribution >= 0.6 is 0 Å². The van der Waals surface area contributed by atoms with Crippen LogP contribution in [0.3, 0.4) is 0 Å². The van der Waals surface area contributed by atoms with Gasteiger partial charge in [-0.15, -0.1) is 0 Å². The summed E-state index contributed by atoms with van der Waals surface area (Å²) in [6, 6.07) is 0. The monoisotopic (exact) mass is 336 g/mol. The number of carbonyl (C=O) groups is 1. The Morgan fingerprint density at radius 3 is 1.54 bits per heavy atom. The van der Waals surface area contributed by atoms with Crippen LogP contribution in [0.1, 0.15) is 129 Å². The number of hydrogen-bond donors (Lipinski definition) is 0. The summed E-state index contributed by atoms with van der Waals surface area (Å²) >= 11 is 0. The lowest BCUT2D eigenvalue weighted by Gasteiger charge is -2.01. The molecule has 24 heavy (non-hydrogen) atoms. The van der Waals surface area contributed by atoms with Crippen molar-refractivity contribution in [3.05, 3.63) is 12.2 Å². The summed E-state index contributed by atoms with van der Waals surface area (Å²) < 4.78 is 0. The molecule has 0 aromatic heterocycles. The van der Waals surface area contributed by atoms with Crippen LogP contribution in [-0.4, -0.2) is 5.78 Å². The van der Waals surface area contributed by atoms with Crippen molar-refractivity contribution in [3.63, 3.8) is 0 Å². The molecular formula is C23H44O. The van der Waals surface area contributed by atoms with Crippen LogP contribution in [0.2, 0.25) is 0 Å². The zero-order valence-electron chi connectivity index (χ0n) is 16.8. The molecule has 0 unspecified atom stereocenters. The minimum atomic E-state index is 0.480. The molecule has 0 saturated carbocycles. The molecule has 0 aromatic rings. The molecule has 0 bridgehead atoms. The molecule has 1 heteroatoms. The molecule has 0 aromatic carbocycles. The van der Waals surface area contributed by atoms with E-state index in [1.54, 1.807) is 0 Å². The minimum absolute atomic E-state index is 0.480. The van der Waals surface area contributed by atoms with Gasteiger partial charge in [0.2, 0.25) is 0 Å². The lowest BCUT2D eigenvalue weighted by atomic mass is 10.0. The summed E-state index contributed by atoms with van der Waals surface area (Å²) in [6.45, 7) is 4.52. The summed E-state index contributed by atoms with van der Waals surface area (Å²) in [4.78, 5) is 11.8. The maximum atomic E-state index is 11.8. The number of ketones is 1. The molecule has 0 aliphatic carbocycles. The van der Waals surface area contributed by atoms with Crippen LogP contribution in [0.4, 0.5) is 0 Å². The SMILES string of the molecule is CCCCCCCCC=CCCCC(=O)CCCCCCCCC. The highest BCUT2D eigenvalue weighted by Crippen LogP contribution is 2.11. The predicted octanol–water partition coefficient (Wildman–Crippen LogP) is 8.17. The van der Waals surface area contributed by atoms with Gasteiger partial charge >= 0.3 is 0 Å². The van der Waals surface area contributed by atoms with Gasteiger partial charge in [0, 0.05) is 12.8 Å². The van der Waals surface area contributed by atoms with Crippen molar-refractivity contribution >= 4 is 5.78 Å². The lowest BCUT2D eigenvalue weighted by molar-refractivity contribution is -0.119. The van der Waals surface area contributed by atoms with Gasteiger partial charge in [-0.1, -0.05) is 96.6 Å². The van der Waals surface area contributed by atoms with Crippen LogP contribution in [0.15, 0.2) is 12.2 Å². The standard InChI is InChI=1S/C23H44O/c1-3-5-7-9-11-12-13-14-16-18-20-22-23(24)21-19-17-15-10-8-6-4-2/h14,16H,3-13,15,17-22H2,1-2H3. The topological polar surface area (TPSA) is 17.1 Å². The number of Topliss-reactive ketones (excluding diaryl/α,β-unsaturated/α-hetero) is 1. The van der Waals surface area contributed by atoms with E-state index in [0.717, 1.165) is 32.1 Å². The van der Waals surface area contributed by atoms with E-state index in [9.17, 15) is 4.79 Å². The Bertz CT molecular complexity index is 280. The van der Waals surface area contributed by atoms with Crippen LogP contribution < -0.4 is 0 Å². The van der Waals surface area contributed by atoms with Gasteiger partial charge in [0.15, 0.2) is 0 Å². The Balaban J connectivity index is 3.23. The van der Waals surface area contributed by atoms with Gasteiger partial charge in [0.05, 0.1) is 0 Å². The zero-order valence-corrected chi connectivity index (χ0v) is 16.8. The van der Waals surface area contributed by atoms with Gasteiger partial charge in [-0.2, -0.15) is 0 Å². The molecule has 142 valence electrons. The molecule has 0 fully saturated rings. The fraction of sp³-hybridized carbons (Fsp3) is 0.870. The van der Waals surface area contributed by atoms with Crippen molar-refractivity contribution < 1.29 is 4.79 Å². The second-order valence-electron chi connectivity index (χ2n) is 7.33. The van der Waals surface area contributed by atoms with E-state index >= 15 is 0 Å². The molecular weight excluding hydrogens is 292 g/mol. The average molecular weight is 337 g/mol. The predicted molar refractivity (Wildman–Crippen MR) is 109 cm³/mol. The zero-order chi connectivity index (χ0) is 17.7. The molecule has 0 spiro atoms. The van der Waals surface area contributed by atoms with E-state index in [1.807, 2.05) is 0 Å². The lowest BCUT2D eigenvalue weighted by Crippen LogP contribution is -1.97. The summed E-state index contributed by atoms with van der Waals surface area (Å²) in [5.41, 5.74) is 0. The van der Waals surface area contributed by atoms with E-state index in [0.29, 0.717) is 5.78 Å². The first-order chi connectivity index (χ1) is 11.8. The first-order valence-electron chi connectivity index (χ1n) is 11.0.